The first-order chi connectivity index (χ1) is 10.8. The zero-order chi connectivity index (χ0) is 15.6. The minimum absolute atomic E-state index is 0.579. The van der Waals surface area contributed by atoms with Crippen molar-refractivity contribution in [1.82, 2.24) is 0 Å². The molecule has 22 heavy (non-hydrogen) atoms. The summed E-state index contributed by atoms with van der Waals surface area (Å²) in [7, 11) is 1.67. The van der Waals surface area contributed by atoms with Crippen LogP contribution in [0.2, 0.25) is 0 Å². The second-order valence-electron chi connectivity index (χ2n) is 4.77. The largest absolute Gasteiger partial charge is 0.497 e. The van der Waals surface area contributed by atoms with Crippen molar-refractivity contribution in [3.8, 4) is 11.5 Å². The predicted octanol–water partition coefficient (Wildman–Crippen LogP) is 3.72. The van der Waals surface area contributed by atoms with E-state index in [4.69, 9.17) is 14.2 Å². The monoisotopic (exact) mass is 301 g/mol. The van der Waals surface area contributed by atoms with Crippen molar-refractivity contribution in [2.24, 2.45) is 0 Å². The number of nitrogens with one attached hydrogen (secondary N) is 1. The van der Waals surface area contributed by atoms with Gasteiger partial charge in [-0.3, -0.25) is 0 Å². The van der Waals surface area contributed by atoms with Gasteiger partial charge in [-0.15, -0.1) is 0 Å². The molecular formula is C18H23NO3. The van der Waals surface area contributed by atoms with Gasteiger partial charge in [0.05, 0.1) is 13.7 Å². The summed E-state index contributed by atoms with van der Waals surface area (Å²) in [6, 6.07) is 16.0. The molecule has 2 rings (SSSR count). The fourth-order valence-electron chi connectivity index (χ4n) is 2.00. The third-order valence-corrected chi connectivity index (χ3v) is 3.19. The Morgan fingerprint density at radius 2 is 1.77 bits per heavy atom. The van der Waals surface area contributed by atoms with E-state index in [0.717, 1.165) is 30.3 Å². The van der Waals surface area contributed by atoms with Crippen LogP contribution >= 0.6 is 0 Å². The van der Waals surface area contributed by atoms with Crippen molar-refractivity contribution in [3.05, 3.63) is 54.1 Å². The lowest BCUT2D eigenvalue weighted by Crippen LogP contribution is -2.06. The SMILES string of the molecule is CCOCCOc1ccc(CNc2cccc(OC)c2)cc1. The van der Waals surface area contributed by atoms with Crippen LogP contribution in [0, 0.1) is 0 Å². The Labute approximate surface area is 132 Å². The maximum absolute atomic E-state index is 5.59. The molecule has 0 fully saturated rings. The highest BCUT2D eigenvalue weighted by molar-refractivity contribution is 5.48. The first-order valence-corrected chi connectivity index (χ1v) is 7.49. The summed E-state index contributed by atoms with van der Waals surface area (Å²) in [5.41, 5.74) is 2.23. The van der Waals surface area contributed by atoms with Crippen LogP contribution in [0.5, 0.6) is 11.5 Å². The quantitative estimate of drug-likeness (QED) is 0.717. The van der Waals surface area contributed by atoms with E-state index in [1.54, 1.807) is 7.11 Å². The van der Waals surface area contributed by atoms with Gasteiger partial charge in [-0.1, -0.05) is 18.2 Å². The molecule has 0 aliphatic rings. The Balaban J connectivity index is 1.80. The zero-order valence-electron chi connectivity index (χ0n) is 13.2. The molecule has 2 aromatic rings. The van der Waals surface area contributed by atoms with Gasteiger partial charge in [0.25, 0.3) is 0 Å². The van der Waals surface area contributed by atoms with Crippen LogP contribution in [-0.2, 0) is 11.3 Å². The number of hydrogen-bond donors (Lipinski definition) is 1. The van der Waals surface area contributed by atoms with E-state index < -0.39 is 0 Å². The number of ether oxygens (including phenoxy) is 3. The highest BCUT2D eigenvalue weighted by Gasteiger charge is 1.98. The lowest BCUT2D eigenvalue weighted by Gasteiger charge is -2.09. The van der Waals surface area contributed by atoms with Gasteiger partial charge in [0.2, 0.25) is 0 Å². The van der Waals surface area contributed by atoms with E-state index in [2.05, 4.69) is 17.4 Å². The first-order valence-electron chi connectivity index (χ1n) is 7.49. The molecule has 4 heteroatoms. The number of rotatable bonds is 9. The molecule has 0 amide bonds. The molecule has 118 valence electrons. The Bertz CT molecular complexity index is 555. The summed E-state index contributed by atoms with van der Waals surface area (Å²) in [6.07, 6.45) is 0. The van der Waals surface area contributed by atoms with Crippen LogP contribution in [0.4, 0.5) is 5.69 Å². The highest BCUT2D eigenvalue weighted by atomic mass is 16.5. The summed E-state index contributed by atoms with van der Waals surface area (Å²) in [4.78, 5) is 0. The lowest BCUT2D eigenvalue weighted by atomic mass is 10.2. The topological polar surface area (TPSA) is 39.7 Å². The zero-order valence-corrected chi connectivity index (χ0v) is 13.2. The second kappa shape index (κ2) is 8.95. The fraction of sp³-hybridized carbons (Fsp3) is 0.333. The molecule has 0 unspecified atom stereocenters. The Kier molecular flexibility index (Phi) is 6.58. The molecule has 0 aromatic heterocycles. The Hall–Kier alpha value is -2.20. The van der Waals surface area contributed by atoms with Crippen LogP contribution in [0.1, 0.15) is 12.5 Å². The molecule has 0 aliphatic carbocycles. The van der Waals surface area contributed by atoms with Gasteiger partial charge in [-0.05, 0) is 36.8 Å². The van der Waals surface area contributed by atoms with E-state index in [1.165, 1.54) is 5.56 Å². The van der Waals surface area contributed by atoms with Gasteiger partial charge >= 0.3 is 0 Å². The van der Waals surface area contributed by atoms with E-state index in [1.807, 2.05) is 43.3 Å². The van der Waals surface area contributed by atoms with Crippen LogP contribution in [0.15, 0.2) is 48.5 Å². The fourth-order valence-corrected chi connectivity index (χ4v) is 2.00. The van der Waals surface area contributed by atoms with E-state index >= 15 is 0 Å². The van der Waals surface area contributed by atoms with Gasteiger partial charge in [0.15, 0.2) is 0 Å². The molecule has 0 heterocycles. The molecule has 2 aromatic carbocycles. The van der Waals surface area contributed by atoms with Gasteiger partial charge in [0, 0.05) is 24.9 Å². The third-order valence-electron chi connectivity index (χ3n) is 3.19. The molecule has 0 aliphatic heterocycles. The number of benzene rings is 2. The second-order valence-corrected chi connectivity index (χ2v) is 4.77. The predicted molar refractivity (Wildman–Crippen MR) is 88.8 cm³/mol. The Morgan fingerprint density at radius 3 is 2.50 bits per heavy atom. The molecule has 0 radical (unpaired) electrons. The maximum Gasteiger partial charge on any atom is 0.120 e. The first kappa shape index (κ1) is 16.2. The minimum atomic E-state index is 0.579. The van der Waals surface area contributed by atoms with Crippen molar-refractivity contribution in [2.75, 3.05) is 32.2 Å². The molecule has 0 saturated heterocycles. The summed E-state index contributed by atoms with van der Waals surface area (Å²) < 4.78 is 16.0. The minimum Gasteiger partial charge on any atom is -0.497 e. The molecule has 0 spiro atoms. The van der Waals surface area contributed by atoms with Crippen LogP contribution in [0.25, 0.3) is 0 Å². The average molecular weight is 301 g/mol. The standard InChI is InChI=1S/C18H23NO3/c1-3-21-11-12-22-17-9-7-15(8-10-17)14-19-16-5-4-6-18(13-16)20-2/h4-10,13,19H,3,11-12,14H2,1-2H3. The van der Waals surface area contributed by atoms with E-state index in [9.17, 15) is 0 Å². The van der Waals surface area contributed by atoms with Crippen molar-refractivity contribution < 1.29 is 14.2 Å². The molecule has 4 nitrogen and oxygen atoms in total. The van der Waals surface area contributed by atoms with Gasteiger partial charge < -0.3 is 19.5 Å². The van der Waals surface area contributed by atoms with Crippen molar-refractivity contribution >= 4 is 5.69 Å². The molecular weight excluding hydrogens is 278 g/mol. The molecule has 1 N–H and O–H groups in total. The lowest BCUT2D eigenvalue weighted by molar-refractivity contribution is 0.110. The number of hydrogen-bond acceptors (Lipinski definition) is 4. The third kappa shape index (κ3) is 5.30. The normalized spacial score (nSPS) is 10.3. The summed E-state index contributed by atoms with van der Waals surface area (Å²) in [5.74, 6) is 1.72. The molecule has 0 bridgehead atoms. The van der Waals surface area contributed by atoms with E-state index in [0.29, 0.717) is 13.2 Å². The highest BCUT2D eigenvalue weighted by Crippen LogP contribution is 2.18. The van der Waals surface area contributed by atoms with Crippen molar-refractivity contribution in [3.63, 3.8) is 0 Å². The van der Waals surface area contributed by atoms with E-state index in [-0.39, 0.29) is 0 Å². The van der Waals surface area contributed by atoms with Gasteiger partial charge in [-0.25, -0.2) is 0 Å². The van der Waals surface area contributed by atoms with Crippen molar-refractivity contribution in [2.45, 2.75) is 13.5 Å². The summed E-state index contributed by atoms with van der Waals surface area (Å²) >= 11 is 0. The maximum atomic E-state index is 5.59. The summed E-state index contributed by atoms with van der Waals surface area (Å²) in [6.45, 7) is 4.65. The number of anilines is 1. The smallest absolute Gasteiger partial charge is 0.120 e. The van der Waals surface area contributed by atoms with Gasteiger partial charge in [-0.2, -0.15) is 0 Å². The van der Waals surface area contributed by atoms with Gasteiger partial charge in [0.1, 0.15) is 18.1 Å². The summed E-state index contributed by atoms with van der Waals surface area (Å²) in [5, 5.41) is 3.37. The number of methoxy groups -OCH3 is 1. The van der Waals surface area contributed by atoms with Crippen molar-refractivity contribution in [1.29, 1.82) is 0 Å². The molecule has 0 atom stereocenters. The average Bonchev–Trinajstić information content (AvgIpc) is 2.58. The van der Waals surface area contributed by atoms with Crippen LogP contribution in [-0.4, -0.2) is 26.9 Å². The van der Waals surface area contributed by atoms with Crippen LogP contribution < -0.4 is 14.8 Å². The molecule has 0 saturated carbocycles. The van der Waals surface area contributed by atoms with Crippen LogP contribution in [0.3, 0.4) is 0 Å². The Morgan fingerprint density at radius 1 is 0.955 bits per heavy atom.